The van der Waals surface area contributed by atoms with Gasteiger partial charge in [0.05, 0.1) is 12.6 Å². The first-order chi connectivity index (χ1) is 15.2. The molecule has 0 aliphatic carbocycles. The Kier molecular flexibility index (Phi) is 6.33. The summed E-state index contributed by atoms with van der Waals surface area (Å²) in [4.78, 5) is 12.3. The van der Waals surface area contributed by atoms with Crippen molar-refractivity contribution in [2.75, 3.05) is 0 Å². The molecule has 4 aromatic carbocycles. The zero-order chi connectivity index (χ0) is 21.5. The van der Waals surface area contributed by atoms with Crippen molar-refractivity contribution in [1.29, 1.82) is 0 Å². The van der Waals surface area contributed by atoms with Gasteiger partial charge in [0.1, 0.15) is 18.2 Å². The van der Waals surface area contributed by atoms with Crippen LogP contribution in [0.2, 0.25) is 0 Å². The smallest absolute Gasteiger partial charge is 0.244 e. The highest BCUT2D eigenvalue weighted by molar-refractivity contribution is 5.90. The second-order valence-electron chi connectivity index (χ2n) is 7.09. The number of nitrogens with zero attached hydrogens (tertiary/aromatic N) is 1. The normalized spacial score (nSPS) is 11.0. The number of fused-ring (bicyclic) bond motifs is 1. The number of ether oxygens (including phenoxy) is 1. The van der Waals surface area contributed by atoms with Crippen LogP contribution in [-0.2, 0) is 17.8 Å². The molecule has 0 fully saturated rings. The highest BCUT2D eigenvalue weighted by atomic mass is 19.1. The van der Waals surface area contributed by atoms with E-state index in [2.05, 4.69) is 10.5 Å². The SMILES string of the molecule is O=C(Cc1cccc2ccccc12)N/N=C\c1ccc(OCc2ccc(F)cc2)cc1. The van der Waals surface area contributed by atoms with Crippen molar-refractivity contribution < 1.29 is 13.9 Å². The molecule has 154 valence electrons. The van der Waals surface area contributed by atoms with E-state index in [0.29, 0.717) is 12.4 Å². The zero-order valence-electron chi connectivity index (χ0n) is 16.8. The first-order valence-electron chi connectivity index (χ1n) is 9.93. The van der Waals surface area contributed by atoms with Crippen molar-refractivity contribution >= 4 is 22.9 Å². The molecule has 0 aliphatic rings. The van der Waals surface area contributed by atoms with Crippen LogP contribution in [0.25, 0.3) is 10.8 Å². The molecule has 1 amide bonds. The lowest BCUT2D eigenvalue weighted by Gasteiger charge is -2.07. The molecule has 1 N–H and O–H groups in total. The second kappa shape index (κ2) is 9.67. The Hall–Kier alpha value is -3.99. The van der Waals surface area contributed by atoms with Crippen molar-refractivity contribution in [2.45, 2.75) is 13.0 Å². The van der Waals surface area contributed by atoms with Crippen LogP contribution in [0.4, 0.5) is 4.39 Å². The van der Waals surface area contributed by atoms with E-state index in [-0.39, 0.29) is 18.1 Å². The number of hydrazone groups is 1. The largest absolute Gasteiger partial charge is 0.489 e. The molecule has 0 aliphatic heterocycles. The van der Waals surface area contributed by atoms with E-state index >= 15 is 0 Å². The molecule has 0 saturated heterocycles. The van der Waals surface area contributed by atoms with Crippen LogP contribution in [0.5, 0.6) is 5.75 Å². The number of carbonyl (C=O) groups excluding carboxylic acids is 1. The third-order valence-electron chi connectivity index (χ3n) is 4.83. The van der Waals surface area contributed by atoms with Gasteiger partial charge in [0.25, 0.3) is 0 Å². The average Bonchev–Trinajstić information content (AvgIpc) is 2.80. The van der Waals surface area contributed by atoms with Crippen LogP contribution in [-0.4, -0.2) is 12.1 Å². The standard InChI is InChI=1S/C26H21FN2O2/c27-23-12-8-20(9-13-23)18-31-24-14-10-19(11-15-24)17-28-29-26(30)16-22-6-3-5-21-4-1-2-7-25(21)22/h1-15,17H,16,18H2,(H,29,30)/b28-17-. The molecule has 0 bridgehead atoms. The number of halogens is 1. The number of rotatable bonds is 7. The van der Waals surface area contributed by atoms with Gasteiger partial charge in [-0.3, -0.25) is 4.79 Å². The summed E-state index contributed by atoms with van der Waals surface area (Å²) in [7, 11) is 0. The molecule has 5 heteroatoms. The molecular formula is C26H21FN2O2. The highest BCUT2D eigenvalue weighted by Gasteiger charge is 2.06. The van der Waals surface area contributed by atoms with E-state index in [1.165, 1.54) is 12.1 Å². The van der Waals surface area contributed by atoms with E-state index in [0.717, 1.165) is 27.5 Å². The quantitative estimate of drug-likeness (QED) is 0.333. The summed E-state index contributed by atoms with van der Waals surface area (Å²) in [6, 6.07) is 27.5. The Bertz CT molecular complexity index is 1200. The number of hydrogen-bond donors (Lipinski definition) is 1. The molecule has 0 heterocycles. The van der Waals surface area contributed by atoms with Crippen LogP contribution in [0.1, 0.15) is 16.7 Å². The predicted octanol–water partition coefficient (Wildman–Crippen LogP) is 5.25. The molecule has 0 atom stereocenters. The van der Waals surface area contributed by atoms with Gasteiger partial charge in [-0.25, -0.2) is 9.82 Å². The Morgan fingerprint density at radius 2 is 1.65 bits per heavy atom. The van der Waals surface area contributed by atoms with Crippen molar-refractivity contribution in [3.8, 4) is 5.75 Å². The molecule has 0 spiro atoms. The van der Waals surface area contributed by atoms with Gasteiger partial charge >= 0.3 is 0 Å². The van der Waals surface area contributed by atoms with Gasteiger partial charge in [-0.1, -0.05) is 54.6 Å². The van der Waals surface area contributed by atoms with Gasteiger partial charge in [0.2, 0.25) is 5.91 Å². The third-order valence-corrected chi connectivity index (χ3v) is 4.83. The van der Waals surface area contributed by atoms with Gasteiger partial charge < -0.3 is 4.74 Å². The van der Waals surface area contributed by atoms with Crippen molar-refractivity contribution in [3.05, 3.63) is 114 Å². The molecule has 0 saturated carbocycles. The summed E-state index contributed by atoms with van der Waals surface area (Å²) in [5.74, 6) is 0.255. The average molecular weight is 412 g/mol. The fraction of sp³-hybridized carbons (Fsp3) is 0.0769. The third kappa shape index (κ3) is 5.54. The summed E-state index contributed by atoms with van der Waals surface area (Å²) in [6.07, 6.45) is 1.85. The molecule has 0 unspecified atom stereocenters. The molecule has 4 rings (SSSR count). The first kappa shape index (κ1) is 20.3. The minimum atomic E-state index is -0.267. The van der Waals surface area contributed by atoms with Crippen molar-refractivity contribution in [1.82, 2.24) is 5.43 Å². The van der Waals surface area contributed by atoms with Crippen molar-refractivity contribution in [2.24, 2.45) is 5.10 Å². The maximum Gasteiger partial charge on any atom is 0.244 e. The molecular weight excluding hydrogens is 391 g/mol. The van der Waals surface area contributed by atoms with Gasteiger partial charge in [-0.2, -0.15) is 5.10 Å². The maximum absolute atomic E-state index is 12.9. The highest BCUT2D eigenvalue weighted by Crippen LogP contribution is 2.19. The summed E-state index contributed by atoms with van der Waals surface area (Å²) in [5, 5.41) is 6.23. The number of amides is 1. The number of benzene rings is 4. The first-order valence-corrected chi connectivity index (χ1v) is 9.93. The van der Waals surface area contributed by atoms with Gasteiger partial charge in [0.15, 0.2) is 0 Å². The van der Waals surface area contributed by atoms with Crippen LogP contribution in [0.15, 0.2) is 96.1 Å². The van der Waals surface area contributed by atoms with Gasteiger partial charge in [-0.15, -0.1) is 0 Å². The Balaban J connectivity index is 1.29. The summed E-state index contributed by atoms with van der Waals surface area (Å²) in [5.41, 5.74) is 5.27. The second-order valence-corrected chi connectivity index (χ2v) is 7.09. The number of nitrogens with one attached hydrogen (secondary N) is 1. The monoisotopic (exact) mass is 412 g/mol. The molecule has 4 nitrogen and oxygen atoms in total. The van der Waals surface area contributed by atoms with Crippen LogP contribution < -0.4 is 10.2 Å². The molecule has 0 radical (unpaired) electrons. The predicted molar refractivity (Wildman–Crippen MR) is 121 cm³/mol. The van der Waals surface area contributed by atoms with E-state index in [4.69, 9.17) is 4.74 Å². The van der Waals surface area contributed by atoms with E-state index in [1.807, 2.05) is 66.7 Å². The van der Waals surface area contributed by atoms with Crippen LogP contribution in [0, 0.1) is 5.82 Å². The van der Waals surface area contributed by atoms with E-state index < -0.39 is 0 Å². The lowest BCUT2D eigenvalue weighted by atomic mass is 10.0. The fourth-order valence-electron chi connectivity index (χ4n) is 3.24. The zero-order valence-corrected chi connectivity index (χ0v) is 16.8. The summed E-state index contributed by atoms with van der Waals surface area (Å²) < 4.78 is 18.6. The minimum absolute atomic E-state index is 0.174. The van der Waals surface area contributed by atoms with E-state index in [1.54, 1.807) is 18.3 Å². The van der Waals surface area contributed by atoms with Crippen LogP contribution in [0.3, 0.4) is 0 Å². The Morgan fingerprint density at radius 3 is 2.45 bits per heavy atom. The Labute approximate surface area is 180 Å². The summed E-state index contributed by atoms with van der Waals surface area (Å²) >= 11 is 0. The summed E-state index contributed by atoms with van der Waals surface area (Å²) in [6.45, 7) is 0.359. The Morgan fingerprint density at radius 1 is 0.903 bits per heavy atom. The van der Waals surface area contributed by atoms with Crippen LogP contribution >= 0.6 is 0 Å². The molecule has 0 aromatic heterocycles. The maximum atomic E-state index is 12.9. The number of hydrogen-bond acceptors (Lipinski definition) is 3. The minimum Gasteiger partial charge on any atom is -0.489 e. The van der Waals surface area contributed by atoms with E-state index in [9.17, 15) is 9.18 Å². The molecule has 4 aromatic rings. The topological polar surface area (TPSA) is 50.7 Å². The van der Waals surface area contributed by atoms with Gasteiger partial charge in [0, 0.05) is 0 Å². The number of carbonyl (C=O) groups is 1. The molecule has 31 heavy (non-hydrogen) atoms. The van der Waals surface area contributed by atoms with Gasteiger partial charge in [-0.05, 0) is 63.9 Å². The van der Waals surface area contributed by atoms with Crippen molar-refractivity contribution in [3.63, 3.8) is 0 Å². The lowest BCUT2D eigenvalue weighted by molar-refractivity contribution is -0.120. The fourth-order valence-corrected chi connectivity index (χ4v) is 3.24. The lowest BCUT2D eigenvalue weighted by Crippen LogP contribution is -2.19.